The van der Waals surface area contributed by atoms with E-state index in [0.717, 1.165) is 79.0 Å². The van der Waals surface area contributed by atoms with Crippen molar-refractivity contribution in [3.8, 4) is 45.3 Å². The van der Waals surface area contributed by atoms with Gasteiger partial charge in [0.15, 0.2) is 17.5 Å². The molecule has 0 fully saturated rings. The maximum Gasteiger partial charge on any atom is 0.164 e. The monoisotopic (exact) mass is 617 g/mol. The zero-order valence-electron chi connectivity index (χ0n) is 25.9. The van der Waals surface area contributed by atoms with Crippen LogP contribution in [0, 0.1) is 0 Å². The Morgan fingerprint density at radius 2 is 0.979 bits per heavy atom. The van der Waals surface area contributed by atoms with Gasteiger partial charge in [0.25, 0.3) is 0 Å². The predicted molar refractivity (Wildman–Crippen MR) is 193 cm³/mol. The number of allylic oxidation sites excluding steroid dienone is 1. The molecular formula is C43H27N3O2. The molecule has 5 heteroatoms. The van der Waals surface area contributed by atoms with Crippen molar-refractivity contribution in [2.24, 2.45) is 0 Å². The van der Waals surface area contributed by atoms with Gasteiger partial charge in [-0.15, -0.1) is 0 Å². The molecule has 0 amide bonds. The fourth-order valence-electron chi connectivity index (χ4n) is 6.91. The van der Waals surface area contributed by atoms with Crippen LogP contribution >= 0.6 is 0 Å². The Morgan fingerprint density at radius 3 is 1.77 bits per heavy atom. The van der Waals surface area contributed by atoms with Crippen molar-refractivity contribution in [2.75, 3.05) is 0 Å². The molecule has 0 unspecified atom stereocenters. The van der Waals surface area contributed by atoms with Crippen molar-refractivity contribution in [1.82, 2.24) is 15.0 Å². The average Bonchev–Trinajstić information content (AvgIpc) is 3.72. The standard InChI is InChI=1S/C43H27N3O2/c1-2-8-29-23-30(18-15-26(29)7-1)27-13-16-28(17-14-27)41-44-42(31-20-22-39-36(24-31)34-10-4-6-12-38(34)47-39)46-43(45-41)32-19-21-35-33-9-3-5-11-37(33)48-40(35)25-32/h2-6,8-25H,1,7H2. The molecule has 0 aliphatic heterocycles. The lowest BCUT2D eigenvalue weighted by Crippen LogP contribution is -2.00. The minimum atomic E-state index is 0.583. The van der Waals surface area contributed by atoms with E-state index in [4.69, 9.17) is 23.8 Å². The number of hydrogen-bond acceptors (Lipinski definition) is 5. The number of benzene rings is 6. The topological polar surface area (TPSA) is 65.0 Å². The summed E-state index contributed by atoms with van der Waals surface area (Å²) in [5.74, 6) is 1.79. The second kappa shape index (κ2) is 10.6. The lowest BCUT2D eigenvalue weighted by atomic mass is 9.93. The number of aryl methyl sites for hydroxylation is 1. The third-order valence-corrected chi connectivity index (χ3v) is 9.41. The molecule has 0 saturated carbocycles. The molecule has 9 aromatic rings. The quantitative estimate of drug-likeness (QED) is 0.197. The molecule has 0 radical (unpaired) electrons. The van der Waals surface area contributed by atoms with E-state index < -0.39 is 0 Å². The third kappa shape index (κ3) is 4.43. The van der Waals surface area contributed by atoms with E-state index in [0.29, 0.717) is 17.5 Å². The number of furan rings is 2. The first-order chi connectivity index (χ1) is 23.7. The van der Waals surface area contributed by atoms with Crippen LogP contribution in [0.3, 0.4) is 0 Å². The van der Waals surface area contributed by atoms with E-state index in [9.17, 15) is 0 Å². The third-order valence-electron chi connectivity index (χ3n) is 9.41. The molecule has 3 heterocycles. The number of nitrogens with zero attached hydrogens (tertiary/aromatic N) is 3. The van der Waals surface area contributed by atoms with Gasteiger partial charge in [0.2, 0.25) is 0 Å². The zero-order valence-corrected chi connectivity index (χ0v) is 25.9. The molecule has 226 valence electrons. The van der Waals surface area contributed by atoms with Gasteiger partial charge in [-0.2, -0.15) is 0 Å². The summed E-state index contributed by atoms with van der Waals surface area (Å²) in [6.07, 6.45) is 6.69. The molecule has 6 aromatic carbocycles. The van der Waals surface area contributed by atoms with Crippen LogP contribution in [0.1, 0.15) is 17.5 Å². The zero-order chi connectivity index (χ0) is 31.6. The number of hydrogen-bond donors (Lipinski definition) is 0. The Labute approximate surface area is 275 Å². The van der Waals surface area contributed by atoms with Crippen LogP contribution in [0.5, 0.6) is 0 Å². The van der Waals surface area contributed by atoms with Crippen molar-refractivity contribution in [3.05, 3.63) is 145 Å². The fourth-order valence-corrected chi connectivity index (χ4v) is 6.91. The summed E-state index contributed by atoms with van der Waals surface area (Å²) in [7, 11) is 0. The summed E-state index contributed by atoms with van der Waals surface area (Å²) in [6.45, 7) is 0. The lowest BCUT2D eigenvalue weighted by molar-refractivity contribution is 0.668. The lowest BCUT2D eigenvalue weighted by Gasteiger charge is -2.12. The van der Waals surface area contributed by atoms with Gasteiger partial charge in [0.05, 0.1) is 0 Å². The molecule has 1 aliphatic rings. The maximum absolute atomic E-state index is 6.23. The summed E-state index contributed by atoms with van der Waals surface area (Å²) in [6, 6.07) is 43.8. The van der Waals surface area contributed by atoms with E-state index in [1.807, 2.05) is 54.6 Å². The average molecular weight is 618 g/mol. The Morgan fingerprint density at radius 1 is 0.417 bits per heavy atom. The molecule has 0 bridgehead atoms. The summed E-state index contributed by atoms with van der Waals surface area (Å²) in [5, 5.41) is 4.24. The molecule has 0 saturated heterocycles. The van der Waals surface area contributed by atoms with Gasteiger partial charge < -0.3 is 8.83 Å². The van der Waals surface area contributed by atoms with Crippen LogP contribution in [0.15, 0.2) is 142 Å². The highest BCUT2D eigenvalue weighted by molar-refractivity contribution is 6.07. The molecule has 0 atom stereocenters. The predicted octanol–water partition coefficient (Wildman–Crippen LogP) is 11.3. The van der Waals surface area contributed by atoms with Gasteiger partial charge in [-0.25, -0.2) is 15.0 Å². The largest absolute Gasteiger partial charge is 0.456 e. The maximum atomic E-state index is 6.23. The Bertz CT molecular complexity index is 2730. The second-order valence-electron chi connectivity index (χ2n) is 12.4. The van der Waals surface area contributed by atoms with Gasteiger partial charge in [0.1, 0.15) is 22.3 Å². The molecule has 0 spiro atoms. The number of fused-ring (bicyclic) bond motifs is 7. The Hall–Kier alpha value is -6.33. The first-order valence-corrected chi connectivity index (χ1v) is 16.2. The summed E-state index contributed by atoms with van der Waals surface area (Å²) < 4.78 is 12.3. The molecule has 5 nitrogen and oxygen atoms in total. The van der Waals surface area contributed by atoms with Crippen molar-refractivity contribution in [1.29, 1.82) is 0 Å². The normalized spacial score (nSPS) is 12.8. The summed E-state index contributed by atoms with van der Waals surface area (Å²) in [5.41, 5.74) is 11.1. The summed E-state index contributed by atoms with van der Waals surface area (Å²) in [4.78, 5) is 15.1. The van der Waals surface area contributed by atoms with Gasteiger partial charge in [-0.3, -0.25) is 0 Å². The Balaban J connectivity index is 1.11. The molecule has 3 aromatic heterocycles. The number of aromatic nitrogens is 3. The van der Waals surface area contributed by atoms with Crippen LogP contribution in [-0.2, 0) is 6.42 Å². The van der Waals surface area contributed by atoms with Crippen molar-refractivity contribution < 1.29 is 8.83 Å². The minimum absolute atomic E-state index is 0.583. The van der Waals surface area contributed by atoms with Crippen LogP contribution in [0.2, 0.25) is 0 Å². The van der Waals surface area contributed by atoms with Crippen molar-refractivity contribution in [2.45, 2.75) is 12.8 Å². The summed E-state index contributed by atoms with van der Waals surface area (Å²) >= 11 is 0. The van der Waals surface area contributed by atoms with E-state index >= 15 is 0 Å². The molecule has 0 N–H and O–H groups in total. The molecule has 1 aliphatic carbocycles. The smallest absolute Gasteiger partial charge is 0.164 e. The minimum Gasteiger partial charge on any atom is -0.456 e. The molecular weight excluding hydrogens is 590 g/mol. The van der Waals surface area contributed by atoms with Crippen molar-refractivity contribution >= 4 is 50.0 Å². The first-order valence-electron chi connectivity index (χ1n) is 16.2. The molecule has 48 heavy (non-hydrogen) atoms. The van der Waals surface area contributed by atoms with Crippen molar-refractivity contribution in [3.63, 3.8) is 0 Å². The van der Waals surface area contributed by atoms with Crippen LogP contribution in [-0.4, -0.2) is 15.0 Å². The highest BCUT2D eigenvalue weighted by atomic mass is 16.3. The number of para-hydroxylation sites is 2. The van der Waals surface area contributed by atoms with E-state index in [1.54, 1.807) is 0 Å². The SMILES string of the molecule is C1=Cc2cc(-c3ccc(-c4nc(-c5ccc6c(c5)oc5ccccc56)nc(-c5ccc6oc7ccccc7c6c5)n4)cc3)ccc2CC1. The fraction of sp³-hybridized carbons (Fsp3) is 0.0465. The van der Waals surface area contributed by atoms with Crippen LogP contribution < -0.4 is 0 Å². The van der Waals surface area contributed by atoms with Gasteiger partial charge in [-0.05, 0) is 83.6 Å². The first kappa shape index (κ1) is 26.8. The highest BCUT2D eigenvalue weighted by Crippen LogP contribution is 2.35. The van der Waals surface area contributed by atoms with E-state index in [1.165, 1.54) is 16.7 Å². The van der Waals surface area contributed by atoms with E-state index in [2.05, 4.69) is 84.9 Å². The highest BCUT2D eigenvalue weighted by Gasteiger charge is 2.17. The van der Waals surface area contributed by atoms with E-state index in [-0.39, 0.29) is 0 Å². The van der Waals surface area contributed by atoms with Gasteiger partial charge >= 0.3 is 0 Å². The molecule has 10 rings (SSSR count). The van der Waals surface area contributed by atoms with Gasteiger partial charge in [-0.1, -0.05) is 91.0 Å². The van der Waals surface area contributed by atoms with Gasteiger partial charge in [0, 0.05) is 38.2 Å². The second-order valence-corrected chi connectivity index (χ2v) is 12.4. The Kier molecular flexibility index (Phi) is 5.93. The van der Waals surface area contributed by atoms with Crippen LogP contribution in [0.25, 0.3) is 95.2 Å². The number of rotatable bonds is 4. The van der Waals surface area contributed by atoms with Crippen LogP contribution in [0.4, 0.5) is 0 Å².